The number of carbonyl (C=O) groups excluding carboxylic acids is 1. The first kappa shape index (κ1) is 21.8. The van der Waals surface area contributed by atoms with Crippen molar-refractivity contribution in [3.8, 4) is 5.88 Å². The van der Waals surface area contributed by atoms with Crippen LogP contribution in [0.3, 0.4) is 0 Å². The van der Waals surface area contributed by atoms with E-state index in [2.05, 4.69) is 28.8 Å². The van der Waals surface area contributed by atoms with Gasteiger partial charge in [0.1, 0.15) is 18.3 Å². The van der Waals surface area contributed by atoms with Crippen molar-refractivity contribution in [3.05, 3.63) is 11.8 Å². The first-order valence-electron chi connectivity index (χ1n) is 9.82. The number of esters is 1. The topological polar surface area (TPSA) is 87.3 Å². The Morgan fingerprint density at radius 1 is 1.33 bits per heavy atom. The zero-order valence-corrected chi connectivity index (χ0v) is 17.8. The summed E-state index contributed by atoms with van der Waals surface area (Å²) in [4.78, 5) is 11.9. The summed E-state index contributed by atoms with van der Waals surface area (Å²) in [6.07, 6.45) is 7.44. The molecule has 2 rings (SSSR count). The largest absolute Gasteiger partial charge is 0.475 e. The Labute approximate surface area is 166 Å². The zero-order chi connectivity index (χ0) is 19.9. The molecule has 0 spiro atoms. The van der Waals surface area contributed by atoms with E-state index in [0.29, 0.717) is 23.5 Å². The number of hydrogen-bond acceptors (Lipinski definition) is 7. The molecule has 0 bridgehead atoms. The highest BCUT2D eigenvalue weighted by atomic mass is 32.1. The molecule has 1 unspecified atom stereocenters. The average Bonchev–Trinajstić information content (AvgIpc) is 3.10. The number of rotatable bonds is 10. The van der Waals surface area contributed by atoms with Crippen molar-refractivity contribution >= 4 is 23.3 Å². The third kappa shape index (κ3) is 5.99. The van der Waals surface area contributed by atoms with Crippen LogP contribution in [0.1, 0.15) is 58.6 Å². The van der Waals surface area contributed by atoms with Crippen LogP contribution in [0.5, 0.6) is 5.88 Å². The van der Waals surface area contributed by atoms with Gasteiger partial charge in [-0.2, -0.15) is 4.37 Å². The van der Waals surface area contributed by atoms with Crippen LogP contribution in [0.15, 0.2) is 6.08 Å². The van der Waals surface area contributed by atoms with Gasteiger partial charge in [-0.1, -0.05) is 32.3 Å². The summed E-state index contributed by atoms with van der Waals surface area (Å²) in [5.41, 5.74) is 7.56. The van der Waals surface area contributed by atoms with Crippen LogP contribution in [0.2, 0.25) is 0 Å². The van der Waals surface area contributed by atoms with E-state index >= 15 is 0 Å². The van der Waals surface area contributed by atoms with Gasteiger partial charge in [-0.05, 0) is 13.3 Å². The molecule has 1 aliphatic rings. The Bertz CT molecular complexity index is 647. The molecular weight excluding hydrogens is 364 g/mol. The lowest BCUT2D eigenvalue weighted by atomic mass is 10.0. The lowest BCUT2D eigenvalue weighted by molar-refractivity contribution is -0.944. The standard InChI is InChI=1S/C19H33N4O3S/c1-5-6-7-8-12-25-18-17(21-27-22-18)16-10-9-11-23(4,13-16)15(3)26-19(24)14(2)20/h10,14-15H,5-9,11-13,20H2,1-4H3/q+1/t14-,15+,23?/m0/s1. The fourth-order valence-corrected chi connectivity index (χ4v) is 3.65. The van der Waals surface area contributed by atoms with Gasteiger partial charge in [-0.3, -0.25) is 9.28 Å². The number of ether oxygens (including phenoxy) is 2. The molecule has 3 atom stereocenters. The van der Waals surface area contributed by atoms with Crippen molar-refractivity contribution in [3.63, 3.8) is 0 Å². The summed E-state index contributed by atoms with van der Waals surface area (Å²) in [6, 6.07) is -0.616. The van der Waals surface area contributed by atoms with Crippen molar-refractivity contribution in [2.24, 2.45) is 5.73 Å². The smallest absolute Gasteiger partial charge is 0.327 e. The fraction of sp³-hybridized carbons (Fsp3) is 0.737. The number of aromatic nitrogens is 2. The molecule has 0 saturated carbocycles. The third-order valence-corrected chi connectivity index (χ3v) is 5.61. The number of likely N-dealkylation sites (N-methyl/N-ethyl adjacent to an activating group) is 1. The molecule has 0 aromatic carbocycles. The molecule has 0 amide bonds. The maximum atomic E-state index is 11.9. The van der Waals surface area contributed by atoms with E-state index in [1.54, 1.807) is 6.92 Å². The van der Waals surface area contributed by atoms with Crippen molar-refractivity contribution in [1.29, 1.82) is 0 Å². The predicted molar refractivity (Wildman–Crippen MR) is 107 cm³/mol. The van der Waals surface area contributed by atoms with Gasteiger partial charge >= 0.3 is 5.97 Å². The normalized spacial score (nSPS) is 22.0. The van der Waals surface area contributed by atoms with Gasteiger partial charge in [0.25, 0.3) is 5.88 Å². The molecule has 152 valence electrons. The summed E-state index contributed by atoms with van der Waals surface area (Å²) in [7, 11) is 2.09. The average molecular weight is 398 g/mol. The van der Waals surface area contributed by atoms with Gasteiger partial charge in [-0.15, -0.1) is 4.37 Å². The molecule has 7 nitrogen and oxygen atoms in total. The van der Waals surface area contributed by atoms with Gasteiger partial charge in [0.15, 0.2) is 0 Å². The Kier molecular flexibility index (Phi) is 8.19. The van der Waals surface area contributed by atoms with Crippen LogP contribution in [-0.4, -0.2) is 58.2 Å². The highest BCUT2D eigenvalue weighted by Crippen LogP contribution is 2.31. The summed E-state index contributed by atoms with van der Waals surface area (Å²) < 4.78 is 20.9. The minimum absolute atomic E-state index is 0.280. The third-order valence-electron chi connectivity index (χ3n) is 5.10. The van der Waals surface area contributed by atoms with E-state index in [1.165, 1.54) is 31.0 Å². The zero-order valence-electron chi connectivity index (χ0n) is 16.9. The minimum atomic E-state index is -0.616. The van der Waals surface area contributed by atoms with Crippen LogP contribution >= 0.6 is 11.7 Å². The summed E-state index contributed by atoms with van der Waals surface area (Å²) in [5, 5.41) is 0. The lowest BCUT2D eigenvalue weighted by Crippen LogP contribution is -2.56. The molecule has 27 heavy (non-hydrogen) atoms. The Balaban J connectivity index is 2.00. The molecule has 2 heterocycles. The molecule has 1 aromatic rings. The summed E-state index contributed by atoms with van der Waals surface area (Å²) >= 11 is 1.18. The van der Waals surface area contributed by atoms with Crippen molar-refractivity contribution in [1.82, 2.24) is 8.75 Å². The van der Waals surface area contributed by atoms with E-state index in [1.807, 2.05) is 6.92 Å². The molecule has 1 aromatic heterocycles. The summed E-state index contributed by atoms with van der Waals surface area (Å²) in [5.74, 6) is 0.251. The Hall–Kier alpha value is -1.51. The number of unbranched alkanes of at least 4 members (excludes halogenated alkanes) is 3. The van der Waals surface area contributed by atoms with Gasteiger partial charge < -0.3 is 15.2 Å². The van der Waals surface area contributed by atoms with E-state index in [9.17, 15) is 4.79 Å². The van der Waals surface area contributed by atoms with Gasteiger partial charge in [-0.25, -0.2) is 0 Å². The molecule has 0 aliphatic carbocycles. The molecule has 0 radical (unpaired) electrons. The molecule has 8 heteroatoms. The molecule has 0 saturated heterocycles. The van der Waals surface area contributed by atoms with Crippen molar-refractivity contribution < 1.29 is 18.8 Å². The Morgan fingerprint density at radius 2 is 2.11 bits per heavy atom. The quantitative estimate of drug-likeness (QED) is 0.371. The monoisotopic (exact) mass is 397 g/mol. The SMILES string of the molecule is CCCCCCOc1nsnc1C1=CCC[N+](C)([C@@H](C)OC(=O)[C@H](C)N)C1. The van der Waals surface area contributed by atoms with Crippen LogP contribution in [0, 0.1) is 0 Å². The van der Waals surface area contributed by atoms with Crippen LogP contribution in [-0.2, 0) is 9.53 Å². The van der Waals surface area contributed by atoms with Crippen LogP contribution in [0.25, 0.3) is 5.57 Å². The van der Waals surface area contributed by atoms with Crippen molar-refractivity contribution in [2.75, 3.05) is 26.7 Å². The molecule has 1 aliphatic heterocycles. The minimum Gasteiger partial charge on any atom is -0.475 e. The number of nitrogens with two attached hydrogens (primary N) is 1. The highest BCUT2D eigenvalue weighted by molar-refractivity contribution is 6.99. The van der Waals surface area contributed by atoms with Crippen LogP contribution in [0.4, 0.5) is 0 Å². The number of quaternary nitrogens is 1. The van der Waals surface area contributed by atoms with E-state index in [4.69, 9.17) is 15.2 Å². The molecule has 0 fully saturated rings. The Morgan fingerprint density at radius 3 is 2.81 bits per heavy atom. The number of hydrogen-bond donors (Lipinski definition) is 1. The lowest BCUT2D eigenvalue weighted by Gasteiger charge is -2.41. The maximum absolute atomic E-state index is 11.9. The van der Waals surface area contributed by atoms with Crippen LogP contribution < -0.4 is 10.5 Å². The van der Waals surface area contributed by atoms with E-state index in [0.717, 1.165) is 30.7 Å². The van der Waals surface area contributed by atoms with E-state index in [-0.39, 0.29) is 12.2 Å². The van der Waals surface area contributed by atoms with Crippen molar-refractivity contribution in [2.45, 2.75) is 65.1 Å². The predicted octanol–water partition coefficient (Wildman–Crippen LogP) is 2.97. The first-order valence-corrected chi connectivity index (χ1v) is 10.6. The molecule has 2 N–H and O–H groups in total. The second-order valence-electron chi connectivity index (χ2n) is 7.53. The first-order chi connectivity index (χ1) is 12.9. The second-order valence-corrected chi connectivity index (χ2v) is 8.06. The summed E-state index contributed by atoms with van der Waals surface area (Å²) in [6.45, 7) is 8.03. The number of carbonyl (C=O) groups is 1. The second kappa shape index (κ2) is 10.1. The highest BCUT2D eigenvalue weighted by Gasteiger charge is 2.37. The van der Waals surface area contributed by atoms with E-state index < -0.39 is 6.04 Å². The number of nitrogens with zero attached hydrogens (tertiary/aromatic N) is 3. The molecular formula is C19H33N4O3S+. The van der Waals surface area contributed by atoms with Gasteiger partial charge in [0.2, 0.25) is 6.23 Å². The maximum Gasteiger partial charge on any atom is 0.327 e. The van der Waals surface area contributed by atoms with Gasteiger partial charge in [0, 0.05) is 18.9 Å². The fourth-order valence-electron chi connectivity index (χ4n) is 3.12. The van der Waals surface area contributed by atoms with Gasteiger partial charge in [0.05, 0.1) is 31.9 Å².